The number of ether oxygens (including phenoxy) is 1. The predicted molar refractivity (Wildman–Crippen MR) is 154 cm³/mol. The number of nitrogens with zero attached hydrogens (tertiary/aromatic N) is 4. The molecule has 1 atom stereocenters. The molecule has 1 unspecified atom stereocenters. The summed E-state index contributed by atoms with van der Waals surface area (Å²) >= 11 is 14.8. The maximum absolute atomic E-state index is 13.4. The molecule has 0 bridgehead atoms. The van der Waals surface area contributed by atoms with Crippen LogP contribution in [0.25, 0.3) is 5.76 Å². The second kappa shape index (κ2) is 11.8. The molecule has 9 nitrogen and oxygen atoms in total. The number of Topliss-reactive ketones (excluding diaryl/α,β-unsaturated/α-hetero) is 1. The number of aliphatic hydroxyl groups is 1. The number of aromatic hydroxyl groups is 1. The molecule has 0 saturated carbocycles. The predicted octanol–water partition coefficient (Wildman–Crippen LogP) is 6.26. The minimum Gasteiger partial charge on any atom is -0.507 e. The number of aliphatic hydroxyl groups excluding tert-OH is 1. The van der Waals surface area contributed by atoms with Crippen LogP contribution in [0.1, 0.15) is 29.7 Å². The van der Waals surface area contributed by atoms with Crippen molar-refractivity contribution in [3.05, 3.63) is 93.2 Å². The number of rotatable bonds is 8. The monoisotopic (exact) mass is 614 g/mol. The lowest BCUT2D eigenvalue weighted by Crippen LogP contribution is -2.29. The maximum Gasteiger partial charge on any atom is 0.301 e. The van der Waals surface area contributed by atoms with Crippen LogP contribution < -0.4 is 9.64 Å². The van der Waals surface area contributed by atoms with Crippen molar-refractivity contribution in [1.82, 2.24) is 15.2 Å². The zero-order valence-corrected chi connectivity index (χ0v) is 23.9. The first kappa shape index (κ1) is 27.9. The summed E-state index contributed by atoms with van der Waals surface area (Å²) in [4.78, 5) is 31.9. The molecule has 5 rings (SSSR count). The van der Waals surface area contributed by atoms with Crippen LogP contribution in [0.4, 0.5) is 5.13 Å². The summed E-state index contributed by atoms with van der Waals surface area (Å²) < 4.78 is 6.07. The Labute approximate surface area is 247 Å². The smallest absolute Gasteiger partial charge is 0.301 e. The third kappa shape index (κ3) is 5.50. The molecular formula is C27H20Cl2N4O5S2. The molecule has 1 aliphatic heterocycles. The molecule has 2 aromatic carbocycles. The number of hydrogen-bond acceptors (Lipinski definition) is 10. The van der Waals surface area contributed by atoms with Crippen molar-refractivity contribution in [2.75, 3.05) is 11.5 Å². The Morgan fingerprint density at radius 2 is 1.88 bits per heavy atom. The Kier molecular flexibility index (Phi) is 8.27. The number of amides is 1. The van der Waals surface area contributed by atoms with Gasteiger partial charge in [-0.05, 0) is 54.4 Å². The van der Waals surface area contributed by atoms with E-state index in [2.05, 4.69) is 15.2 Å². The fraction of sp³-hybridized carbons (Fsp3) is 0.148. The summed E-state index contributed by atoms with van der Waals surface area (Å²) in [5, 5.41) is 31.1. The number of ketones is 1. The van der Waals surface area contributed by atoms with Crippen LogP contribution in [0, 0.1) is 0 Å². The van der Waals surface area contributed by atoms with Crippen LogP contribution in [0.15, 0.2) is 70.8 Å². The molecule has 2 aromatic heterocycles. The van der Waals surface area contributed by atoms with Gasteiger partial charge in [-0.2, -0.15) is 0 Å². The number of halogens is 2. The van der Waals surface area contributed by atoms with Gasteiger partial charge in [0.25, 0.3) is 5.78 Å². The third-order valence-electron chi connectivity index (χ3n) is 5.97. The van der Waals surface area contributed by atoms with Gasteiger partial charge in [-0.25, -0.2) is 0 Å². The van der Waals surface area contributed by atoms with Gasteiger partial charge < -0.3 is 14.9 Å². The van der Waals surface area contributed by atoms with E-state index < -0.39 is 17.7 Å². The van der Waals surface area contributed by atoms with Crippen LogP contribution in [0.2, 0.25) is 10.0 Å². The molecule has 4 aromatic rings. The second-order valence-corrected chi connectivity index (χ2v) is 11.5. The van der Waals surface area contributed by atoms with Gasteiger partial charge in [0.2, 0.25) is 5.13 Å². The zero-order valence-electron chi connectivity index (χ0n) is 20.7. The second-order valence-electron chi connectivity index (χ2n) is 8.44. The first-order valence-corrected chi connectivity index (χ1v) is 14.4. The normalized spacial score (nSPS) is 16.5. The van der Waals surface area contributed by atoms with Gasteiger partial charge in [0, 0.05) is 33.8 Å². The average Bonchev–Trinajstić information content (AvgIpc) is 3.51. The lowest BCUT2D eigenvalue weighted by atomic mass is 9.95. The summed E-state index contributed by atoms with van der Waals surface area (Å²) in [6.07, 6.45) is 2.93. The van der Waals surface area contributed by atoms with E-state index in [9.17, 15) is 19.8 Å². The molecule has 3 heterocycles. The molecule has 2 N–H and O–H groups in total. The van der Waals surface area contributed by atoms with Gasteiger partial charge in [0.05, 0.1) is 18.2 Å². The van der Waals surface area contributed by atoms with E-state index in [1.807, 2.05) is 6.07 Å². The van der Waals surface area contributed by atoms with Crippen molar-refractivity contribution in [3.63, 3.8) is 0 Å². The number of pyridine rings is 1. The molecule has 40 heavy (non-hydrogen) atoms. The Morgan fingerprint density at radius 1 is 1.10 bits per heavy atom. The fourth-order valence-electron chi connectivity index (χ4n) is 4.12. The summed E-state index contributed by atoms with van der Waals surface area (Å²) in [7, 11) is 0. The van der Waals surface area contributed by atoms with Crippen molar-refractivity contribution in [1.29, 1.82) is 0 Å². The SMILES string of the molecule is CCOc1cc(C2/C(=C(\O)c3ccncc3)C(=O)C(=O)N2c2nnc(SCc3ccc(Cl)cc3Cl)s2)ccc1O. The third-order valence-corrected chi connectivity index (χ3v) is 8.66. The number of thioether (sulfide) groups is 1. The van der Waals surface area contributed by atoms with Crippen LogP contribution in [0.5, 0.6) is 11.5 Å². The van der Waals surface area contributed by atoms with Crippen LogP contribution >= 0.6 is 46.3 Å². The molecule has 1 amide bonds. The van der Waals surface area contributed by atoms with Crippen molar-refractivity contribution in [2.45, 2.75) is 23.1 Å². The quantitative estimate of drug-likeness (QED) is 0.0776. The van der Waals surface area contributed by atoms with E-state index in [1.165, 1.54) is 53.3 Å². The van der Waals surface area contributed by atoms with Crippen molar-refractivity contribution >= 4 is 68.9 Å². The van der Waals surface area contributed by atoms with Gasteiger partial charge in [-0.1, -0.05) is 58.4 Å². The number of carbonyl (C=O) groups excluding carboxylic acids is 2. The summed E-state index contributed by atoms with van der Waals surface area (Å²) in [6, 6.07) is 11.7. The summed E-state index contributed by atoms with van der Waals surface area (Å²) in [6.45, 7) is 2.04. The van der Waals surface area contributed by atoms with Crippen molar-refractivity contribution < 1.29 is 24.5 Å². The molecule has 0 spiro atoms. The van der Waals surface area contributed by atoms with Gasteiger partial charge in [-0.15, -0.1) is 10.2 Å². The summed E-state index contributed by atoms with van der Waals surface area (Å²) in [5.41, 5.74) is 1.45. The van der Waals surface area contributed by atoms with Crippen LogP contribution in [0.3, 0.4) is 0 Å². The molecule has 1 saturated heterocycles. The highest BCUT2D eigenvalue weighted by molar-refractivity contribution is 8.00. The van der Waals surface area contributed by atoms with E-state index in [1.54, 1.807) is 25.1 Å². The topological polar surface area (TPSA) is 126 Å². The van der Waals surface area contributed by atoms with E-state index in [0.717, 1.165) is 16.9 Å². The van der Waals surface area contributed by atoms with Gasteiger partial charge in [0.1, 0.15) is 5.76 Å². The van der Waals surface area contributed by atoms with Gasteiger partial charge in [0.15, 0.2) is 15.8 Å². The number of carbonyl (C=O) groups is 2. The van der Waals surface area contributed by atoms with E-state index in [0.29, 0.717) is 31.3 Å². The van der Waals surface area contributed by atoms with Crippen molar-refractivity contribution in [3.8, 4) is 11.5 Å². The first-order valence-electron chi connectivity index (χ1n) is 11.9. The Morgan fingerprint density at radius 3 is 2.60 bits per heavy atom. The Hall–Kier alpha value is -3.64. The molecule has 1 fully saturated rings. The highest BCUT2D eigenvalue weighted by Crippen LogP contribution is 2.45. The van der Waals surface area contributed by atoms with Crippen LogP contribution in [-0.4, -0.2) is 43.7 Å². The molecule has 204 valence electrons. The number of benzene rings is 2. The minimum absolute atomic E-state index is 0.104. The minimum atomic E-state index is -1.07. The van der Waals surface area contributed by atoms with Crippen LogP contribution in [-0.2, 0) is 15.3 Å². The largest absolute Gasteiger partial charge is 0.507 e. The summed E-state index contributed by atoms with van der Waals surface area (Å²) in [5.74, 6) is -1.58. The maximum atomic E-state index is 13.4. The number of phenolic OH excluding ortho intramolecular Hbond substituents is 1. The molecule has 0 aliphatic carbocycles. The zero-order chi connectivity index (χ0) is 28.4. The van der Waals surface area contributed by atoms with Crippen molar-refractivity contribution in [2.24, 2.45) is 0 Å². The van der Waals surface area contributed by atoms with E-state index >= 15 is 0 Å². The molecular weight excluding hydrogens is 595 g/mol. The van der Waals surface area contributed by atoms with E-state index in [4.69, 9.17) is 27.9 Å². The van der Waals surface area contributed by atoms with E-state index in [-0.39, 0.29) is 34.6 Å². The number of phenols is 1. The first-order chi connectivity index (χ1) is 19.3. The van der Waals surface area contributed by atoms with Gasteiger partial charge >= 0.3 is 5.91 Å². The Bertz CT molecular complexity index is 1630. The highest BCUT2D eigenvalue weighted by atomic mass is 35.5. The number of hydrogen-bond donors (Lipinski definition) is 2. The Balaban J connectivity index is 1.56. The number of anilines is 1. The lowest BCUT2D eigenvalue weighted by Gasteiger charge is -2.23. The molecule has 0 radical (unpaired) electrons. The lowest BCUT2D eigenvalue weighted by molar-refractivity contribution is -0.132. The highest BCUT2D eigenvalue weighted by Gasteiger charge is 2.48. The average molecular weight is 616 g/mol. The van der Waals surface area contributed by atoms with Gasteiger partial charge in [-0.3, -0.25) is 19.5 Å². The standard InChI is InChI=1S/C27H20Cl2N4O5S2/c1-2-38-20-11-15(4-6-19(20)34)22-21(23(35)14-7-9-30-10-8-14)24(36)25(37)33(22)26-31-32-27(40-26)39-13-16-3-5-17(28)12-18(16)29/h3-12,22,34-35H,2,13H2,1H3/b23-21+. The molecule has 13 heteroatoms. The fourth-order valence-corrected chi connectivity index (χ4v) is 6.54. The molecule has 1 aliphatic rings. The number of aromatic nitrogens is 3.